The van der Waals surface area contributed by atoms with Gasteiger partial charge in [-0.2, -0.15) is 0 Å². The highest BCUT2D eigenvalue weighted by molar-refractivity contribution is 6.02. The van der Waals surface area contributed by atoms with E-state index in [1.807, 2.05) is 6.07 Å². The van der Waals surface area contributed by atoms with E-state index in [2.05, 4.69) is 0 Å². The molecule has 110 valence electrons. The van der Waals surface area contributed by atoms with Crippen molar-refractivity contribution < 1.29 is 19.1 Å². The smallest absolute Gasteiger partial charge is 0.265 e. The van der Waals surface area contributed by atoms with E-state index in [0.717, 1.165) is 0 Å². The number of piperidine rings is 1. The molecule has 1 aromatic carbocycles. The van der Waals surface area contributed by atoms with E-state index in [-0.39, 0.29) is 30.7 Å². The van der Waals surface area contributed by atoms with Crippen LogP contribution in [0.15, 0.2) is 24.3 Å². The van der Waals surface area contributed by atoms with E-state index in [1.54, 1.807) is 23.1 Å². The first-order chi connectivity index (χ1) is 10.1. The zero-order valence-corrected chi connectivity index (χ0v) is 11.6. The van der Waals surface area contributed by atoms with Crippen molar-refractivity contribution in [2.45, 2.75) is 12.8 Å². The lowest BCUT2D eigenvalue weighted by Gasteiger charge is -2.32. The van der Waals surface area contributed by atoms with Crippen LogP contribution in [0.2, 0.25) is 0 Å². The SMILES string of the molecule is O=C1CCN(C(=O)CN2C(=O)COc3ccccc32)CC1. The highest BCUT2D eigenvalue weighted by atomic mass is 16.5. The average molecular weight is 288 g/mol. The van der Waals surface area contributed by atoms with Crippen LogP contribution in [0, 0.1) is 0 Å². The van der Waals surface area contributed by atoms with Crippen molar-refractivity contribution in [2.24, 2.45) is 0 Å². The molecule has 21 heavy (non-hydrogen) atoms. The number of carbonyl (C=O) groups excluding carboxylic acids is 3. The van der Waals surface area contributed by atoms with Gasteiger partial charge in [-0.3, -0.25) is 19.3 Å². The molecule has 3 rings (SSSR count). The number of amides is 2. The predicted octanol–water partition coefficient (Wildman–Crippen LogP) is 0.603. The Morgan fingerprint density at radius 1 is 1.14 bits per heavy atom. The van der Waals surface area contributed by atoms with Crippen LogP contribution in [0.4, 0.5) is 5.69 Å². The summed E-state index contributed by atoms with van der Waals surface area (Å²) in [6.45, 7) is 0.825. The maximum atomic E-state index is 12.3. The second-order valence-electron chi connectivity index (χ2n) is 5.16. The summed E-state index contributed by atoms with van der Waals surface area (Å²) in [5.41, 5.74) is 0.621. The molecule has 0 saturated carbocycles. The third-order valence-corrected chi connectivity index (χ3v) is 3.78. The monoisotopic (exact) mass is 288 g/mol. The number of carbonyl (C=O) groups is 3. The van der Waals surface area contributed by atoms with Crippen molar-refractivity contribution in [3.63, 3.8) is 0 Å². The molecule has 0 N–H and O–H groups in total. The fourth-order valence-electron chi connectivity index (χ4n) is 2.57. The Balaban J connectivity index is 1.73. The van der Waals surface area contributed by atoms with Crippen LogP contribution in [0.3, 0.4) is 0 Å². The van der Waals surface area contributed by atoms with Gasteiger partial charge in [-0.1, -0.05) is 12.1 Å². The molecule has 1 aromatic rings. The van der Waals surface area contributed by atoms with Crippen LogP contribution in [0.1, 0.15) is 12.8 Å². The Bertz CT molecular complexity index is 589. The second kappa shape index (κ2) is 5.55. The second-order valence-corrected chi connectivity index (χ2v) is 5.16. The van der Waals surface area contributed by atoms with Gasteiger partial charge in [0.1, 0.15) is 18.1 Å². The lowest BCUT2D eigenvalue weighted by molar-refractivity contribution is -0.135. The fourth-order valence-corrected chi connectivity index (χ4v) is 2.57. The predicted molar refractivity (Wildman–Crippen MR) is 75.1 cm³/mol. The van der Waals surface area contributed by atoms with Gasteiger partial charge in [0.2, 0.25) is 5.91 Å². The number of ketones is 1. The van der Waals surface area contributed by atoms with Crippen molar-refractivity contribution in [1.82, 2.24) is 4.90 Å². The molecular formula is C15H16N2O4. The van der Waals surface area contributed by atoms with Crippen molar-refractivity contribution >= 4 is 23.3 Å². The molecule has 0 aromatic heterocycles. The van der Waals surface area contributed by atoms with E-state index >= 15 is 0 Å². The number of rotatable bonds is 2. The van der Waals surface area contributed by atoms with Gasteiger partial charge < -0.3 is 9.64 Å². The number of para-hydroxylation sites is 2. The number of hydrogen-bond donors (Lipinski definition) is 0. The van der Waals surface area contributed by atoms with Gasteiger partial charge in [0.15, 0.2) is 6.61 Å². The van der Waals surface area contributed by atoms with Crippen LogP contribution in [-0.2, 0) is 14.4 Å². The number of benzene rings is 1. The molecule has 2 aliphatic rings. The van der Waals surface area contributed by atoms with Crippen LogP contribution in [-0.4, -0.2) is 48.7 Å². The van der Waals surface area contributed by atoms with E-state index in [9.17, 15) is 14.4 Å². The molecule has 6 nitrogen and oxygen atoms in total. The number of anilines is 1. The number of fused-ring (bicyclic) bond motifs is 1. The molecule has 1 fully saturated rings. The standard InChI is InChI=1S/C15H16N2O4/c18-11-5-7-16(8-6-11)14(19)9-17-12-3-1-2-4-13(12)21-10-15(17)20/h1-4H,5-10H2. The highest BCUT2D eigenvalue weighted by Crippen LogP contribution is 2.31. The maximum absolute atomic E-state index is 12.3. The Labute approximate surface area is 122 Å². The summed E-state index contributed by atoms with van der Waals surface area (Å²) in [7, 11) is 0. The molecule has 2 amide bonds. The number of likely N-dealkylation sites (tertiary alicyclic amines) is 1. The van der Waals surface area contributed by atoms with Gasteiger partial charge >= 0.3 is 0 Å². The molecule has 0 atom stereocenters. The minimum Gasteiger partial charge on any atom is -0.482 e. The minimum absolute atomic E-state index is 0.00655. The number of ether oxygens (including phenoxy) is 1. The molecule has 0 aliphatic carbocycles. The van der Waals surface area contributed by atoms with Crippen LogP contribution >= 0.6 is 0 Å². The van der Waals surface area contributed by atoms with Crippen LogP contribution in [0.25, 0.3) is 0 Å². The summed E-state index contributed by atoms with van der Waals surface area (Å²) >= 11 is 0. The summed E-state index contributed by atoms with van der Waals surface area (Å²) in [4.78, 5) is 38.6. The number of nitrogens with zero attached hydrogens (tertiary/aromatic N) is 2. The van der Waals surface area contributed by atoms with Crippen molar-refractivity contribution in [3.8, 4) is 5.75 Å². The van der Waals surface area contributed by atoms with E-state index in [0.29, 0.717) is 37.4 Å². The molecule has 0 radical (unpaired) electrons. The van der Waals surface area contributed by atoms with Crippen molar-refractivity contribution in [2.75, 3.05) is 31.1 Å². The molecule has 0 bridgehead atoms. The van der Waals surface area contributed by atoms with E-state index < -0.39 is 0 Å². The van der Waals surface area contributed by atoms with E-state index in [1.165, 1.54) is 4.90 Å². The normalized spacial score (nSPS) is 18.3. The van der Waals surface area contributed by atoms with Crippen LogP contribution < -0.4 is 9.64 Å². The zero-order chi connectivity index (χ0) is 14.8. The topological polar surface area (TPSA) is 66.9 Å². The van der Waals surface area contributed by atoms with Crippen LogP contribution in [0.5, 0.6) is 5.75 Å². The molecule has 2 heterocycles. The van der Waals surface area contributed by atoms with Gasteiger partial charge in [0.25, 0.3) is 5.91 Å². The zero-order valence-electron chi connectivity index (χ0n) is 11.6. The average Bonchev–Trinajstić information content (AvgIpc) is 2.51. The third kappa shape index (κ3) is 2.74. The molecular weight excluding hydrogens is 272 g/mol. The Morgan fingerprint density at radius 3 is 2.62 bits per heavy atom. The summed E-state index contributed by atoms with van der Waals surface area (Å²) in [5.74, 6) is 0.438. The van der Waals surface area contributed by atoms with Gasteiger partial charge in [0.05, 0.1) is 5.69 Å². The van der Waals surface area contributed by atoms with E-state index in [4.69, 9.17) is 4.74 Å². The van der Waals surface area contributed by atoms with Crippen molar-refractivity contribution in [3.05, 3.63) is 24.3 Å². The van der Waals surface area contributed by atoms with Gasteiger partial charge in [-0.15, -0.1) is 0 Å². The maximum Gasteiger partial charge on any atom is 0.265 e. The first-order valence-corrected chi connectivity index (χ1v) is 6.97. The first kappa shape index (κ1) is 13.6. The number of hydrogen-bond acceptors (Lipinski definition) is 4. The largest absolute Gasteiger partial charge is 0.482 e. The fraction of sp³-hybridized carbons (Fsp3) is 0.400. The summed E-state index contributed by atoms with van der Waals surface area (Å²) in [5, 5.41) is 0. The Morgan fingerprint density at radius 2 is 1.86 bits per heavy atom. The molecule has 0 unspecified atom stereocenters. The highest BCUT2D eigenvalue weighted by Gasteiger charge is 2.29. The Kier molecular flexibility index (Phi) is 3.60. The molecule has 1 saturated heterocycles. The summed E-state index contributed by atoms with van der Waals surface area (Å²) in [6, 6.07) is 7.17. The van der Waals surface area contributed by atoms with Gasteiger partial charge in [0, 0.05) is 25.9 Å². The lowest BCUT2D eigenvalue weighted by Crippen LogP contribution is -2.48. The lowest BCUT2D eigenvalue weighted by atomic mass is 10.1. The van der Waals surface area contributed by atoms with Gasteiger partial charge in [-0.25, -0.2) is 0 Å². The minimum atomic E-state index is -0.227. The Hall–Kier alpha value is -2.37. The summed E-state index contributed by atoms with van der Waals surface area (Å²) in [6.07, 6.45) is 0.804. The molecule has 6 heteroatoms. The quantitative estimate of drug-likeness (QED) is 0.799. The first-order valence-electron chi connectivity index (χ1n) is 6.97. The third-order valence-electron chi connectivity index (χ3n) is 3.78. The van der Waals surface area contributed by atoms with Crippen molar-refractivity contribution in [1.29, 1.82) is 0 Å². The molecule has 2 aliphatic heterocycles. The number of Topliss-reactive ketones (excluding diaryl/α,β-unsaturated/α-hetero) is 1. The summed E-state index contributed by atoms with van der Waals surface area (Å²) < 4.78 is 5.35. The molecule has 0 spiro atoms. The van der Waals surface area contributed by atoms with Gasteiger partial charge in [-0.05, 0) is 12.1 Å².